The molecule has 0 aromatic heterocycles. The molecule has 0 saturated carbocycles. The monoisotopic (exact) mass is 458 g/mol. The Bertz CT molecular complexity index is 1030. The number of carbonyl (C=O) groups is 1. The fourth-order valence-corrected chi connectivity index (χ4v) is 4.22. The summed E-state index contributed by atoms with van der Waals surface area (Å²) in [5.41, 5.74) is 1.39. The second kappa shape index (κ2) is 8.22. The smallest absolute Gasteiger partial charge is 0.307 e. The summed E-state index contributed by atoms with van der Waals surface area (Å²) >= 11 is 17.1. The van der Waals surface area contributed by atoms with E-state index in [1.54, 1.807) is 24.3 Å². The normalized spacial score (nSPS) is 14.5. The van der Waals surface area contributed by atoms with Crippen LogP contribution in [-0.4, -0.2) is 42.6 Å². The maximum absolute atomic E-state index is 12.5. The van der Waals surface area contributed by atoms with Crippen molar-refractivity contribution in [2.45, 2.75) is 11.8 Å². The summed E-state index contributed by atoms with van der Waals surface area (Å²) in [5, 5.41) is 4.62. The minimum atomic E-state index is -3.81. The zero-order valence-electron chi connectivity index (χ0n) is 14.6. The highest BCUT2D eigenvalue weighted by molar-refractivity contribution is 7.89. The van der Waals surface area contributed by atoms with Crippen LogP contribution in [0.25, 0.3) is 0 Å². The second-order valence-corrected chi connectivity index (χ2v) is 8.89. The van der Waals surface area contributed by atoms with Gasteiger partial charge < -0.3 is 5.32 Å². The molecule has 3 rings (SSSR count). The molecule has 2 amide bonds. The highest BCUT2D eigenvalue weighted by atomic mass is 35.5. The van der Waals surface area contributed by atoms with Crippen LogP contribution < -0.4 is 10.1 Å². The van der Waals surface area contributed by atoms with Crippen molar-refractivity contribution in [3.05, 3.63) is 58.1 Å². The van der Waals surface area contributed by atoms with Gasteiger partial charge in [0.2, 0.25) is 0 Å². The van der Waals surface area contributed by atoms with Crippen molar-refractivity contribution < 1.29 is 13.2 Å². The Morgan fingerprint density at radius 1 is 1.07 bits per heavy atom. The number of amides is 2. The van der Waals surface area contributed by atoms with Crippen molar-refractivity contribution in [2.75, 3.05) is 18.4 Å². The zero-order chi connectivity index (χ0) is 20.5. The molecule has 1 aliphatic rings. The summed E-state index contributed by atoms with van der Waals surface area (Å²) in [6.07, 6.45) is 0. The van der Waals surface area contributed by atoms with Crippen LogP contribution in [0.4, 0.5) is 10.5 Å². The SMILES string of the molecule is Cc1ccc(S(=O)(=O)NN2CCN(C(=O)Nc3ccc(Cl)c(Cl)c3)C2=S)cc1. The lowest BCUT2D eigenvalue weighted by atomic mass is 10.2. The Balaban J connectivity index is 1.67. The van der Waals surface area contributed by atoms with Gasteiger partial charge in [-0.05, 0) is 49.5 Å². The van der Waals surface area contributed by atoms with Crippen LogP contribution in [0.2, 0.25) is 10.0 Å². The van der Waals surface area contributed by atoms with Crippen LogP contribution >= 0.6 is 35.4 Å². The molecule has 0 atom stereocenters. The average molecular weight is 459 g/mol. The Kier molecular flexibility index (Phi) is 6.11. The largest absolute Gasteiger partial charge is 0.328 e. The third-order valence-corrected chi connectivity index (χ3v) is 6.52. The molecule has 11 heteroatoms. The lowest BCUT2D eigenvalue weighted by Crippen LogP contribution is -2.46. The number of halogens is 2. The number of benzene rings is 2. The molecule has 2 N–H and O–H groups in total. The van der Waals surface area contributed by atoms with Gasteiger partial charge in [-0.3, -0.25) is 9.91 Å². The third kappa shape index (κ3) is 4.56. The Hall–Kier alpha value is -1.91. The highest BCUT2D eigenvalue weighted by Gasteiger charge is 2.32. The molecule has 1 aliphatic heterocycles. The topological polar surface area (TPSA) is 81.8 Å². The molecule has 0 bridgehead atoms. The Labute approximate surface area is 178 Å². The standard InChI is InChI=1S/C17H16Cl2N4O3S2/c1-11-2-5-13(6-3-11)28(25,26)21-23-9-8-22(17(23)27)16(24)20-12-4-7-14(18)15(19)10-12/h2-7,10,21H,8-9H2,1H3,(H,20,24). The van der Waals surface area contributed by atoms with Crippen molar-refractivity contribution in [2.24, 2.45) is 0 Å². The molecular weight excluding hydrogens is 443 g/mol. The van der Waals surface area contributed by atoms with E-state index in [2.05, 4.69) is 10.1 Å². The van der Waals surface area contributed by atoms with Crippen LogP contribution in [0.5, 0.6) is 0 Å². The summed E-state index contributed by atoms with van der Waals surface area (Å²) in [5.74, 6) is 0. The third-order valence-electron chi connectivity index (χ3n) is 3.99. The molecule has 1 fully saturated rings. The van der Waals surface area contributed by atoms with Crippen LogP contribution in [0.15, 0.2) is 47.4 Å². The lowest BCUT2D eigenvalue weighted by molar-refractivity contribution is 0.237. The zero-order valence-corrected chi connectivity index (χ0v) is 17.8. The minimum absolute atomic E-state index is 0.0493. The summed E-state index contributed by atoms with van der Waals surface area (Å²) in [6.45, 7) is 2.31. The summed E-state index contributed by atoms with van der Waals surface area (Å²) in [4.78, 5) is 16.3. The van der Waals surface area contributed by atoms with Crippen LogP contribution in [0.1, 0.15) is 5.56 Å². The first-order valence-corrected chi connectivity index (χ1v) is 10.8. The lowest BCUT2D eigenvalue weighted by Gasteiger charge is -2.21. The summed E-state index contributed by atoms with van der Waals surface area (Å²) in [7, 11) is -3.81. The van der Waals surface area contributed by atoms with E-state index >= 15 is 0 Å². The number of urea groups is 1. The number of rotatable bonds is 4. The van der Waals surface area contributed by atoms with Gasteiger partial charge in [0.15, 0.2) is 5.11 Å². The molecule has 0 unspecified atom stereocenters. The summed E-state index contributed by atoms with van der Waals surface area (Å²) < 4.78 is 25.0. The summed E-state index contributed by atoms with van der Waals surface area (Å²) in [6, 6.07) is 10.6. The molecule has 0 aliphatic carbocycles. The van der Waals surface area contributed by atoms with Gasteiger partial charge in [0.1, 0.15) is 0 Å². The van der Waals surface area contributed by atoms with Gasteiger partial charge in [0.05, 0.1) is 21.5 Å². The van der Waals surface area contributed by atoms with Crippen LogP contribution in [0, 0.1) is 6.92 Å². The number of thiocarbonyl (C=S) groups is 1. The molecule has 148 valence electrons. The van der Waals surface area contributed by atoms with Crippen molar-refractivity contribution in [3.63, 3.8) is 0 Å². The maximum atomic E-state index is 12.5. The van der Waals surface area contributed by atoms with Crippen molar-refractivity contribution >= 4 is 62.3 Å². The quantitative estimate of drug-likeness (QED) is 0.683. The molecule has 2 aromatic carbocycles. The second-order valence-electron chi connectivity index (χ2n) is 6.05. The van der Waals surface area contributed by atoms with E-state index in [9.17, 15) is 13.2 Å². The average Bonchev–Trinajstić information content (AvgIpc) is 2.98. The molecule has 1 saturated heterocycles. The number of hydrazine groups is 1. The van der Waals surface area contributed by atoms with Gasteiger partial charge in [0.25, 0.3) is 10.0 Å². The van der Waals surface area contributed by atoms with E-state index < -0.39 is 16.1 Å². The van der Waals surface area contributed by atoms with E-state index in [1.807, 2.05) is 6.92 Å². The first kappa shape index (κ1) is 20.8. The molecule has 28 heavy (non-hydrogen) atoms. The molecular formula is C17H16Cl2N4O3S2. The van der Waals surface area contributed by atoms with Gasteiger partial charge in [-0.1, -0.05) is 40.9 Å². The first-order valence-electron chi connectivity index (χ1n) is 8.11. The predicted molar refractivity (Wildman–Crippen MR) is 113 cm³/mol. The Morgan fingerprint density at radius 3 is 2.39 bits per heavy atom. The number of carbonyl (C=O) groups excluding carboxylic acids is 1. The Morgan fingerprint density at radius 2 is 1.75 bits per heavy atom. The van der Waals surface area contributed by atoms with E-state index in [-0.39, 0.29) is 23.1 Å². The van der Waals surface area contributed by atoms with E-state index in [4.69, 9.17) is 35.4 Å². The van der Waals surface area contributed by atoms with Crippen LogP contribution in [-0.2, 0) is 10.0 Å². The van der Waals surface area contributed by atoms with Gasteiger partial charge in [-0.25, -0.2) is 13.2 Å². The number of sulfonamides is 1. The molecule has 1 heterocycles. The fraction of sp³-hybridized carbons (Fsp3) is 0.176. The number of aryl methyl sites for hydroxylation is 1. The molecule has 0 spiro atoms. The number of nitrogens with zero attached hydrogens (tertiary/aromatic N) is 2. The van der Waals surface area contributed by atoms with Gasteiger partial charge in [-0.2, -0.15) is 0 Å². The molecule has 0 radical (unpaired) electrons. The van der Waals surface area contributed by atoms with Crippen molar-refractivity contribution in [3.8, 4) is 0 Å². The molecule has 2 aromatic rings. The number of anilines is 1. The minimum Gasteiger partial charge on any atom is -0.307 e. The van der Waals surface area contributed by atoms with Gasteiger partial charge >= 0.3 is 6.03 Å². The van der Waals surface area contributed by atoms with Crippen molar-refractivity contribution in [1.29, 1.82) is 0 Å². The number of hydrogen-bond acceptors (Lipinski definition) is 4. The first-order chi connectivity index (χ1) is 13.2. The van der Waals surface area contributed by atoms with Gasteiger partial charge in [-0.15, -0.1) is 4.83 Å². The molecule has 7 nitrogen and oxygen atoms in total. The predicted octanol–water partition coefficient (Wildman–Crippen LogP) is 3.63. The highest BCUT2D eigenvalue weighted by Crippen LogP contribution is 2.25. The fourth-order valence-electron chi connectivity index (χ4n) is 2.49. The number of nitrogens with one attached hydrogen (secondary N) is 2. The van der Waals surface area contributed by atoms with E-state index in [0.29, 0.717) is 15.7 Å². The van der Waals surface area contributed by atoms with Crippen molar-refractivity contribution in [1.82, 2.24) is 14.7 Å². The maximum Gasteiger partial charge on any atom is 0.328 e. The van der Waals surface area contributed by atoms with Gasteiger partial charge in [0, 0.05) is 12.2 Å². The van der Waals surface area contributed by atoms with E-state index in [0.717, 1.165) is 5.56 Å². The van der Waals surface area contributed by atoms with E-state index in [1.165, 1.54) is 28.1 Å². The van der Waals surface area contributed by atoms with Crippen LogP contribution in [0.3, 0.4) is 0 Å². The number of hydrogen-bond donors (Lipinski definition) is 2.